The maximum absolute atomic E-state index is 10.2. The van der Waals surface area contributed by atoms with Crippen LogP contribution in [0, 0.1) is 0 Å². The Balaban J connectivity index is 3.83. The number of hydrogen-bond donors (Lipinski definition) is 3. The van der Waals surface area contributed by atoms with E-state index in [0.717, 1.165) is 6.20 Å². The van der Waals surface area contributed by atoms with Gasteiger partial charge in [0.25, 0.3) is 5.91 Å². The van der Waals surface area contributed by atoms with E-state index >= 15 is 0 Å². The monoisotopic (exact) mass is 116 g/mol. The van der Waals surface area contributed by atoms with Crippen molar-refractivity contribution < 1.29 is 9.90 Å². The van der Waals surface area contributed by atoms with Crippen LogP contribution in [-0.2, 0) is 4.79 Å². The average molecular weight is 116 g/mol. The molecule has 4 heteroatoms. The van der Waals surface area contributed by atoms with Gasteiger partial charge in [-0.1, -0.05) is 0 Å². The van der Waals surface area contributed by atoms with E-state index in [4.69, 9.17) is 10.8 Å². The number of rotatable bonds is 1. The molecule has 46 valence electrons. The molecule has 0 bridgehead atoms. The van der Waals surface area contributed by atoms with Crippen molar-refractivity contribution in [1.29, 1.82) is 0 Å². The molecule has 0 aromatic carbocycles. The SMILES string of the molecule is CNC(=O)/C(O)=C\N. The van der Waals surface area contributed by atoms with Crippen molar-refractivity contribution in [2.45, 2.75) is 0 Å². The number of carbonyl (C=O) groups excluding carboxylic acids is 1. The van der Waals surface area contributed by atoms with Crippen molar-refractivity contribution in [2.75, 3.05) is 7.05 Å². The Morgan fingerprint density at radius 3 is 2.50 bits per heavy atom. The average Bonchev–Trinajstić information content (AvgIpc) is 1.84. The van der Waals surface area contributed by atoms with E-state index in [1.165, 1.54) is 7.05 Å². The lowest BCUT2D eigenvalue weighted by Crippen LogP contribution is -2.20. The summed E-state index contributed by atoms with van der Waals surface area (Å²) < 4.78 is 0. The van der Waals surface area contributed by atoms with E-state index in [2.05, 4.69) is 5.32 Å². The highest BCUT2D eigenvalue weighted by molar-refractivity contribution is 5.90. The van der Waals surface area contributed by atoms with Crippen LogP contribution in [0.4, 0.5) is 0 Å². The smallest absolute Gasteiger partial charge is 0.287 e. The molecule has 0 rings (SSSR count). The molecule has 0 heterocycles. The maximum atomic E-state index is 10.2. The lowest BCUT2D eigenvalue weighted by molar-refractivity contribution is -0.119. The fourth-order valence-electron chi connectivity index (χ4n) is 0.204. The van der Waals surface area contributed by atoms with Gasteiger partial charge in [0.2, 0.25) is 0 Å². The third-order valence-corrected chi connectivity index (χ3v) is 0.618. The standard InChI is InChI=1S/C4H8N2O2/c1-6-4(8)3(7)2-5/h2,7H,5H2,1H3,(H,6,8)/b3-2+. The van der Waals surface area contributed by atoms with Gasteiger partial charge < -0.3 is 16.2 Å². The predicted octanol–water partition coefficient (Wildman–Crippen LogP) is -0.909. The summed E-state index contributed by atoms with van der Waals surface area (Å²) in [6.07, 6.45) is 0.832. The third-order valence-electron chi connectivity index (χ3n) is 0.618. The summed E-state index contributed by atoms with van der Waals surface area (Å²) in [5.74, 6) is -1.04. The molecular weight excluding hydrogens is 108 g/mol. The van der Waals surface area contributed by atoms with Crippen molar-refractivity contribution in [3.63, 3.8) is 0 Å². The van der Waals surface area contributed by atoms with Crippen molar-refractivity contribution >= 4 is 5.91 Å². The van der Waals surface area contributed by atoms with Crippen LogP contribution in [0.3, 0.4) is 0 Å². The van der Waals surface area contributed by atoms with Gasteiger partial charge in [0, 0.05) is 13.2 Å². The number of likely N-dealkylation sites (N-methyl/N-ethyl adjacent to an activating group) is 1. The lowest BCUT2D eigenvalue weighted by atomic mass is 10.5. The second kappa shape index (κ2) is 2.90. The summed E-state index contributed by atoms with van der Waals surface area (Å²) in [5.41, 5.74) is 4.78. The minimum absolute atomic E-state index is 0.465. The van der Waals surface area contributed by atoms with Crippen LogP contribution < -0.4 is 11.1 Å². The molecule has 0 saturated carbocycles. The molecule has 4 nitrogen and oxygen atoms in total. The zero-order valence-corrected chi connectivity index (χ0v) is 4.51. The second-order valence-corrected chi connectivity index (χ2v) is 1.13. The molecule has 0 unspecified atom stereocenters. The van der Waals surface area contributed by atoms with Crippen LogP contribution in [0.5, 0.6) is 0 Å². The zero-order chi connectivity index (χ0) is 6.57. The van der Waals surface area contributed by atoms with Gasteiger partial charge in [-0.2, -0.15) is 0 Å². The van der Waals surface area contributed by atoms with Gasteiger partial charge in [-0.05, 0) is 0 Å². The Bertz CT molecular complexity index is 119. The highest BCUT2D eigenvalue weighted by Crippen LogP contribution is 1.79. The Morgan fingerprint density at radius 1 is 1.88 bits per heavy atom. The van der Waals surface area contributed by atoms with E-state index in [9.17, 15) is 4.79 Å². The van der Waals surface area contributed by atoms with E-state index in [1.54, 1.807) is 0 Å². The summed E-state index contributed by atoms with van der Waals surface area (Å²) in [7, 11) is 1.40. The molecular formula is C4H8N2O2. The predicted molar refractivity (Wildman–Crippen MR) is 29.0 cm³/mol. The van der Waals surface area contributed by atoms with E-state index < -0.39 is 11.7 Å². The quantitative estimate of drug-likeness (QED) is 0.306. The highest BCUT2D eigenvalue weighted by atomic mass is 16.3. The maximum Gasteiger partial charge on any atom is 0.287 e. The molecule has 0 saturated heterocycles. The van der Waals surface area contributed by atoms with Crippen LogP contribution >= 0.6 is 0 Å². The molecule has 0 atom stereocenters. The molecule has 1 amide bonds. The number of nitrogens with two attached hydrogens (primary N) is 1. The molecule has 0 aromatic heterocycles. The van der Waals surface area contributed by atoms with Crippen LogP contribution in [0.2, 0.25) is 0 Å². The number of aliphatic hydroxyl groups is 1. The van der Waals surface area contributed by atoms with Gasteiger partial charge in [-0.15, -0.1) is 0 Å². The first-order valence-corrected chi connectivity index (χ1v) is 2.05. The van der Waals surface area contributed by atoms with E-state index in [-0.39, 0.29) is 0 Å². The third kappa shape index (κ3) is 1.51. The lowest BCUT2D eigenvalue weighted by Gasteiger charge is -1.92. The first-order valence-electron chi connectivity index (χ1n) is 2.05. The second-order valence-electron chi connectivity index (χ2n) is 1.13. The molecule has 0 aliphatic heterocycles. The van der Waals surface area contributed by atoms with Crippen LogP contribution in [-0.4, -0.2) is 18.1 Å². The number of carbonyl (C=O) groups is 1. The topological polar surface area (TPSA) is 75.3 Å². The van der Waals surface area contributed by atoms with Crippen molar-refractivity contribution in [3.05, 3.63) is 12.0 Å². The Hall–Kier alpha value is -1.19. The van der Waals surface area contributed by atoms with Gasteiger partial charge in [0.05, 0.1) is 0 Å². The minimum atomic E-state index is -0.576. The highest BCUT2D eigenvalue weighted by Gasteiger charge is 1.99. The van der Waals surface area contributed by atoms with Crippen molar-refractivity contribution in [1.82, 2.24) is 5.32 Å². The number of hydrogen-bond acceptors (Lipinski definition) is 3. The summed E-state index contributed by atoms with van der Waals surface area (Å²) in [6.45, 7) is 0. The molecule has 0 aliphatic carbocycles. The fourth-order valence-corrected chi connectivity index (χ4v) is 0.204. The summed E-state index contributed by atoms with van der Waals surface area (Å²) in [6, 6.07) is 0. The van der Waals surface area contributed by atoms with Gasteiger partial charge in [0.15, 0.2) is 5.76 Å². The molecule has 0 aliphatic rings. The van der Waals surface area contributed by atoms with Crippen LogP contribution in [0.25, 0.3) is 0 Å². The molecule has 0 aromatic rings. The zero-order valence-electron chi connectivity index (χ0n) is 4.51. The van der Waals surface area contributed by atoms with Crippen molar-refractivity contribution in [3.8, 4) is 0 Å². The van der Waals surface area contributed by atoms with Gasteiger partial charge in [-0.3, -0.25) is 4.79 Å². The largest absolute Gasteiger partial charge is 0.502 e. The van der Waals surface area contributed by atoms with Gasteiger partial charge in [0.1, 0.15) is 0 Å². The van der Waals surface area contributed by atoms with Gasteiger partial charge >= 0.3 is 0 Å². The number of aliphatic hydroxyl groups excluding tert-OH is 1. The molecule has 0 spiro atoms. The molecule has 8 heavy (non-hydrogen) atoms. The summed E-state index contributed by atoms with van der Waals surface area (Å²) in [4.78, 5) is 10.2. The summed E-state index contributed by atoms with van der Waals surface area (Å²) >= 11 is 0. The Morgan fingerprint density at radius 2 is 2.38 bits per heavy atom. The number of nitrogens with one attached hydrogen (secondary N) is 1. The Labute approximate surface area is 47.0 Å². The minimum Gasteiger partial charge on any atom is -0.502 e. The summed E-state index contributed by atoms with van der Waals surface area (Å²) in [5, 5.41) is 10.6. The fraction of sp³-hybridized carbons (Fsp3) is 0.250. The first-order chi connectivity index (χ1) is 3.72. The molecule has 0 radical (unpaired) electrons. The number of amides is 1. The molecule has 0 fully saturated rings. The van der Waals surface area contributed by atoms with Gasteiger partial charge in [-0.25, -0.2) is 0 Å². The normalized spacial score (nSPS) is 10.9. The van der Waals surface area contributed by atoms with Crippen LogP contribution in [0.1, 0.15) is 0 Å². The Kier molecular flexibility index (Phi) is 2.47. The van der Waals surface area contributed by atoms with E-state index in [1.807, 2.05) is 0 Å². The van der Waals surface area contributed by atoms with Crippen molar-refractivity contribution in [2.24, 2.45) is 5.73 Å². The molecule has 4 N–H and O–H groups in total. The van der Waals surface area contributed by atoms with Crippen LogP contribution in [0.15, 0.2) is 12.0 Å². The van der Waals surface area contributed by atoms with E-state index in [0.29, 0.717) is 0 Å². The first kappa shape index (κ1) is 6.81.